The van der Waals surface area contributed by atoms with Crippen molar-refractivity contribution in [3.8, 4) is 0 Å². The van der Waals surface area contributed by atoms with Gasteiger partial charge in [-0.1, -0.05) is 43.2 Å². The Morgan fingerprint density at radius 1 is 1.06 bits per heavy atom. The second kappa shape index (κ2) is 4.95. The lowest BCUT2D eigenvalue weighted by Gasteiger charge is -2.18. The van der Waals surface area contributed by atoms with E-state index in [0.29, 0.717) is 0 Å². The number of rotatable bonds is 2. The maximum absolute atomic E-state index is 2.51. The third kappa shape index (κ3) is 2.54. The molecule has 1 aromatic rings. The van der Waals surface area contributed by atoms with Crippen molar-refractivity contribution < 1.29 is 0 Å². The zero-order valence-corrected chi connectivity index (χ0v) is 10.4. The van der Waals surface area contributed by atoms with E-state index in [1.54, 1.807) is 5.57 Å². The first-order valence-corrected chi connectivity index (χ1v) is 6.90. The van der Waals surface area contributed by atoms with E-state index in [9.17, 15) is 0 Å². The summed E-state index contributed by atoms with van der Waals surface area (Å²) in [6.07, 6.45) is 9.48. The van der Waals surface area contributed by atoms with E-state index in [2.05, 4.69) is 41.4 Å². The molecule has 1 nitrogen and oxygen atoms in total. The first-order chi connectivity index (χ1) is 8.42. The van der Waals surface area contributed by atoms with E-state index < -0.39 is 0 Å². The van der Waals surface area contributed by atoms with Gasteiger partial charge in [-0.05, 0) is 42.5 Å². The van der Waals surface area contributed by atoms with E-state index in [-0.39, 0.29) is 0 Å². The van der Waals surface area contributed by atoms with Crippen LogP contribution in [0.3, 0.4) is 0 Å². The molecule has 1 aliphatic heterocycles. The van der Waals surface area contributed by atoms with Crippen molar-refractivity contribution in [1.29, 1.82) is 0 Å². The Bertz CT molecular complexity index is 393. The molecule has 1 heteroatoms. The van der Waals surface area contributed by atoms with Gasteiger partial charge in [0.15, 0.2) is 0 Å². The van der Waals surface area contributed by atoms with Gasteiger partial charge in [0.2, 0.25) is 0 Å². The maximum atomic E-state index is 2.51. The molecular formula is C16H21N. The van der Waals surface area contributed by atoms with E-state index >= 15 is 0 Å². The Kier molecular flexibility index (Phi) is 3.17. The lowest BCUT2D eigenvalue weighted by molar-refractivity contribution is 0.350. The second-order valence-electron chi connectivity index (χ2n) is 5.42. The number of nitrogens with zero attached hydrogens (tertiary/aromatic N) is 1. The van der Waals surface area contributed by atoms with Crippen LogP contribution in [0, 0.1) is 5.92 Å². The highest BCUT2D eigenvalue weighted by molar-refractivity contribution is 5.19. The van der Waals surface area contributed by atoms with Crippen LogP contribution in [0.2, 0.25) is 0 Å². The largest absolute Gasteiger partial charge is 0.373 e. The fourth-order valence-electron chi connectivity index (χ4n) is 3.16. The third-order valence-electron chi connectivity index (χ3n) is 4.07. The van der Waals surface area contributed by atoms with E-state index in [1.807, 2.05) is 0 Å². The third-order valence-corrected chi connectivity index (χ3v) is 4.07. The summed E-state index contributed by atoms with van der Waals surface area (Å²) in [5.41, 5.74) is 3.15. The lowest BCUT2D eigenvalue weighted by atomic mass is 9.98. The second-order valence-corrected chi connectivity index (χ2v) is 5.42. The summed E-state index contributed by atoms with van der Waals surface area (Å²) in [7, 11) is 0. The molecule has 1 heterocycles. The van der Waals surface area contributed by atoms with Gasteiger partial charge < -0.3 is 4.90 Å². The van der Waals surface area contributed by atoms with Gasteiger partial charge in [0, 0.05) is 13.1 Å². The van der Waals surface area contributed by atoms with Crippen LogP contribution < -0.4 is 0 Å². The number of benzene rings is 1. The van der Waals surface area contributed by atoms with E-state index in [0.717, 1.165) is 12.5 Å². The fourth-order valence-corrected chi connectivity index (χ4v) is 3.16. The van der Waals surface area contributed by atoms with Crippen molar-refractivity contribution >= 4 is 0 Å². The summed E-state index contributed by atoms with van der Waals surface area (Å²) < 4.78 is 0. The Labute approximate surface area is 104 Å². The van der Waals surface area contributed by atoms with E-state index in [1.165, 1.54) is 44.2 Å². The van der Waals surface area contributed by atoms with Crippen molar-refractivity contribution in [2.75, 3.05) is 6.54 Å². The van der Waals surface area contributed by atoms with E-state index in [4.69, 9.17) is 0 Å². The van der Waals surface area contributed by atoms with Crippen LogP contribution in [0.4, 0.5) is 0 Å². The molecule has 0 amide bonds. The summed E-state index contributed by atoms with van der Waals surface area (Å²) in [6, 6.07) is 10.8. The van der Waals surface area contributed by atoms with Crippen molar-refractivity contribution in [3.05, 3.63) is 47.7 Å². The molecule has 0 aromatic heterocycles. The van der Waals surface area contributed by atoms with Crippen LogP contribution in [-0.2, 0) is 6.54 Å². The Morgan fingerprint density at radius 2 is 1.94 bits per heavy atom. The average Bonchev–Trinajstić information content (AvgIpc) is 2.60. The summed E-state index contributed by atoms with van der Waals surface area (Å²) in [4.78, 5) is 2.51. The molecule has 1 aromatic carbocycles. The van der Waals surface area contributed by atoms with Gasteiger partial charge in [-0.3, -0.25) is 0 Å². The molecule has 1 saturated carbocycles. The van der Waals surface area contributed by atoms with Gasteiger partial charge >= 0.3 is 0 Å². The maximum Gasteiger partial charge on any atom is 0.0424 e. The van der Waals surface area contributed by atoms with Crippen LogP contribution in [0.15, 0.2) is 42.1 Å². The summed E-state index contributed by atoms with van der Waals surface area (Å²) in [5, 5.41) is 0. The zero-order valence-electron chi connectivity index (χ0n) is 10.4. The van der Waals surface area contributed by atoms with Crippen molar-refractivity contribution in [3.63, 3.8) is 0 Å². The molecule has 0 spiro atoms. The Hall–Kier alpha value is -1.24. The van der Waals surface area contributed by atoms with Gasteiger partial charge in [-0.2, -0.15) is 0 Å². The quantitative estimate of drug-likeness (QED) is 0.739. The molecule has 1 atom stereocenters. The van der Waals surface area contributed by atoms with Crippen LogP contribution in [0.25, 0.3) is 0 Å². The van der Waals surface area contributed by atoms with Crippen molar-refractivity contribution in [2.45, 2.75) is 38.6 Å². The average molecular weight is 227 g/mol. The summed E-state index contributed by atoms with van der Waals surface area (Å²) in [6.45, 7) is 2.34. The molecule has 1 fully saturated rings. The highest BCUT2D eigenvalue weighted by atomic mass is 15.1. The topological polar surface area (TPSA) is 3.24 Å². The number of hydrogen-bond donors (Lipinski definition) is 0. The summed E-state index contributed by atoms with van der Waals surface area (Å²) >= 11 is 0. The molecule has 0 radical (unpaired) electrons. The highest BCUT2D eigenvalue weighted by Gasteiger charge is 2.25. The van der Waals surface area contributed by atoms with Gasteiger partial charge in [0.25, 0.3) is 0 Å². The highest BCUT2D eigenvalue weighted by Crippen LogP contribution is 2.34. The Morgan fingerprint density at radius 3 is 2.82 bits per heavy atom. The number of fused-ring (bicyclic) bond motifs is 1. The molecule has 0 saturated heterocycles. The van der Waals surface area contributed by atoms with Gasteiger partial charge in [-0.25, -0.2) is 0 Å². The molecule has 0 N–H and O–H groups in total. The Balaban J connectivity index is 1.67. The van der Waals surface area contributed by atoms with Crippen LogP contribution in [0.5, 0.6) is 0 Å². The molecular weight excluding hydrogens is 206 g/mol. The molecule has 1 aliphatic carbocycles. The zero-order chi connectivity index (χ0) is 11.5. The van der Waals surface area contributed by atoms with Crippen LogP contribution in [-0.4, -0.2) is 11.4 Å². The monoisotopic (exact) mass is 227 g/mol. The molecule has 90 valence electrons. The van der Waals surface area contributed by atoms with Gasteiger partial charge in [-0.15, -0.1) is 0 Å². The fraction of sp³-hybridized carbons (Fsp3) is 0.500. The van der Waals surface area contributed by atoms with Crippen molar-refractivity contribution in [2.24, 2.45) is 5.92 Å². The predicted octanol–water partition coefficient (Wildman–Crippen LogP) is 3.97. The minimum absolute atomic E-state index is 0.862. The predicted molar refractivity (Wildman–Crippen MR) is 71.5 cm³/mol. The standard InChI is InChI=1S/C16H21N/c1-3-7-14(8-4-1)11-17-12-15-9-5-2-6-10-16(15)13-17/h1,3-4,7-8,12,16H,2,5-6,9-11,13H2. The first-order valence-electron chi connectivity index (χ1n) is 6.90. The molecule has 3 rings (SSSR count). The van der Waals surface area contributed by atoms with Gasteiger partial charge in [0.1, 0.15) is 0 Å². The SMILES string of the molecule is C1=C2CCCCCC2CN1Cc1ccccc1. The molecule has 1 unspecified atom stereocenters. The van der Waals surface area contributed by atoms with Crippen LogP contribution >= 0.6 is 0 Å². The molecule has 0 bridgehead atoms. The molecule has 2 aliphatic rings. The minimum atomic E-state index is 0.862. The normalized spacial score (nSPS) is 24.1. The smallest absolute Gasteiger partial charge is 0.0424 e. The first kappa shape index (κ1) is 10.9. The lowest BCUT2D eigenvalue weighted by Crippen LogP contribution is -2.18. The van der Waals surface area contributed by atoms with Crippen molar-refractivity contribution in [1.82, 2.24) is 4.90 Å². The van der Waals surface area contributed by atoms with Gasteiger partial charge in [0.05, 0.1) is 0 Å². The van der Waals surface area contributed by atoms with Crippen LogP contribution in [0.1, 0.15) is 37.7 Å². The summed E-state index contributed by atoms with van der Waals surface area (Å²) in [5.74, 6) is 0.862. The molecule has 17 heavy (non-hydrogen) atoms. The number of hydrogen-bond acceptors (Lipinski definition) is 1. The minimum Gasteiger partial charge on any atom is -0.373 e.